The molecular formula is C28H28FN7O. The van der Waals surface area contributed by atoms with E-state index >= 15 is 0 Å². The van der Waals surface area contributed by atoms with Crippen LogP contribution in [-0.2, 0) is 4.74 Å². The molecule has 3 aromatic rings. The number of benzene rings is 1. The largest absolute Gasteiger partial charge is 0.378 e. The molecule has 2 N–H and O–H groups in total. The minimum Gasteiger partial charge on any atom is -0.378 e. The van der Waals surface area contributed by atoms with Crippen molar-refractivity contribution in [3.05, 3.63) is 95.7 Å². The van der Waals surface area contributed by atoms with Gasteiger partial charge in [-0.05, 0) is 54.3 Å². The molecule has 1 aliphatic carbocycles. The molecule has 1 aromatic carbocycles. The zero-order chi connectivity index (χ0) is 25.5. The maximum atomic E-state index is 14.2. The van der Waals surface area contributed by atoms with Crippen LogP contribution in [0, 0.1) is 5.82 Å². The molecule has 2 aliphatic rings. The highest BCUT2D eigenvalue weighted by Crippen LogP contribution is 2.28. The van der Waals surface area contributed by atoms with E-state index in [9.17, 15) is 4.39 Å². The maximum Gasteiger partial charge on any atom is 0.245 e. The molecule has 0 atom stereocenters. The van der Waals surface area contributed by atoms with Crippen LogP contribution in [0.5, 0.6) is 0 Å². The maximum absolute atomic E-state index is 14.2. The molecule has 0 spiro atoms. The molecular weight excluding hydrogens is 469 g/mol. The third kappa shape index (κ3) is 6.25. The first-order valence-electron chi connectivity index (χ1n) is 12.2. The van der Waals surface area contributed by atoms with Crippen molar-refractivity contribution in [2.45, 2.75) is 13.3 Å². The lowest BCUT2D eigenvalue weighted by atomic mass is 9.98. The quantitative estimate of drug-likeness (QED) is 0.337. The lowest BCUT2D eigenvalue weighted by molar-refractivity contribution is 0.122. The predicted molar refractivity (Wildman–Crippen MR) is 146 cm³/mol. The zero-order valence-corrected chi connectivity index (χ0v) is 20.6. The average molecular weight is 498 g/mol. The van der Waals surface area contributed by atoms with Crippen LogP contribution in [0.15, 0.2) is 83.8 Å². The van der Waals surface area contributed by atoms with Gasteiger partial charge >= 0.3 is 0 Å². The van der Waals surface area contributed by atoms with E-state index in [1.54, 1.807) is 12.4 Å². The van der Waals surface area contributed by atoms with Crippen LogP contribution in [0.2, 0.25) is 0 Å². The number of ether oxygens (including phenoxy) is 1. The molecule has 1 fully saturated rings. The number of hydrazone groups is 1. The Balaban J connectivity index is 1.21. The smallest absolute Gasteiger partial charge is 0.245 e. The number of nitrogens with one attached hydrogen (secondary N) is 2. The summed E-state index contributed by atoms with van der Waals surface area (Å²) in [5.41, 5.74) is 9.04. The Kier molecular flexibility index (Phi) is 7.61. The fraction of sp³-hybridized carbons (Fsp3) is 0.214. The molecule has 1 saturated heterocycles. The van der Waals surface area contributed by atoms with Gasteiger partial charge in [0.2, 0.25) is 5.95 Å². The molecule has 2 aromatic heterocycles. The average Bonchev–Trinajstić information content (AvgIpc) is 3.15. The fourth-order valence-corrected chi connectivity index (χ4v) is 4.14. The summed E-state index contributed by atoms with van der Waals surface area (Å²) in [4.78, 5) is 14.5. The van der Waals surface area contributed by atoms with Crippen molar-refractivity contribution in [1.29, 1.82) is 0 Å². The number of pyridine rings is 1. The van der Waals surface area contributed by atoms with Gasteiger partial charge in [-0.15, -0.1) is 0 Å². The second-order valence-corrected chi connectivity index (χ2v) is 8.67. The molecule has 0 radical (unpaired) electrons. The molecule has 9 heteroatoms. The minimum atomic E-state index is -0.471. The van der Waals surface area contributed by atoms with E-state index in [1.165, 1.54) is 16.7 Å². The summed E-state index contributed by atoms with van der Waals surface area (Å²) in [6.07, 6.45) is 13.8. The molecule has 0 bridgehead atoms. The molecule has 1 aliphatic heterocycles. The van der Waals surface area contributed by atoms with E-state index < -0.39 is 5.82 Å². The predicted octanol–water partition coefficient (Wildman–Crippen LogP) is 5.33. The second-order valence-electron chi connectivity index (χ2n) is 8.67. The van der Waals surface area contributed by atoms with Crippen LogP contribution in [0.3, 0.4) is 0 Å². The van der Waals surface area contributed by atoms with E-state index in [0.29, 0.717) is 32.0 Å². The standard InChI is InChI=1S/C28H28FN7O/c1-20-6-3-2-4-9-25(20)21-7-5-8-22(16-21)33-24-11-10-23(30-17-24)18-32-35-28-31-19-26(29)27(34-28)36-12-14-37-15-13-36/h2-8,10-11,16-19,33H,9,12-15H2,1H3,(H,31,34,35)/b32-18+. The Hall–Kier alpha value is -4.37. The van der Waals surface area contributed by atoms with E-state index in [2.05, 4.69) is 80.2 Å². The number of morpholine rings is 1. The first-order valence-corrected chi connectivity index (χ1v) is 12.2. The number of aromatic nitrogens is 3. The summed E-state index contributed by atoms with van der Waals surface area (Å²) in [5, 5.41) is 7.57. The van der Waals surface area contributed by atoms with E-state index in [4.69, 9.17) is 4.74 Å². The molecule has 0 saturated carbocycles. The molecule has 3 heterocycles. The molecule has 188 valence electrons. The monoisotopic (exact) mass is 497 g/mol. The lowest BCUT2D eigenvalue weighted by Gasteiger charge is -2.27. The lowest BCUT2D eigenvalue weighted by Crippen LogP contribution is -2.37. The van der Waals surface area contributed by atoms with Crippen molar-refractivity contribution < 1.29 is 9.13 Å². The Labute approximate surface area is 215 Å². The van der Waals surface area contributed by atoms with Crippen LogP contribution in [-0.4, -0.2) is 47.5 Å². The summed E-state index contributed by atoms with van der Waals surface area (Å²) in [6.45, 7) is 4.39. The van der Waals surface area contributed by atoms with Crippen molar-refractivity contribution in [2.75, 3.05) is 41.9 Å². The number of hydrogen-bond donors (Lipinski definition) is 2. The first kappa shape index (κ1) is 24.3. The van der Waals surface area contributed by atoms with Crippen LogP contribution in [0.1, 0.15) is 24.6 Å². The summed E-state index contributed by atoms with van der Waals surface area (Å²) < 4.78 is 19.5. The topological polar surface area (TPSA) is 87.6 Å². The first-order chi connectivity index (χ1) is 18.2. The molecule has 5 rings (SSSR count). The summed E-state index contributed by atoms with van der Waals surface area (Å²) >= 11 is 0. The van der Waals surface area contributed by atoms with Gasteiger partial charge in [0.05, 0.1) is 43.2 Å². The minimum absolute atomic E-state index is 0.210. The number of anilines is 4. The van der Waals surface area contributed by atoms with Gasteiger partial charge in [-0.1, -0.05) is 36.4 Å². The Morgan fingerprint density at radius 1 is 1.05 bits per heavy atom. The van der Waals surface area contributed by atoms with Gasteiger partial charge in [-0.3, -0.25) is 4.98 Å². The van der Waals surface area contributed by atoms with Crippen LogP contribution in [0.25, 0.3) is 5.57 Å². The van der Waals surface area contributed by atoms with Gasteiger partial charge in [0.1, 0.15) is 0 Å². The number of rotatable bonds is 7. The van der Waals surface area contributed by atoms with Crippen molar-refractivity contribution >= 4 is 34.9 Å². The number of hydrogen-bond acceptors (Lipinski definition) is 8. The van der Waals surface area contributed by atoms with Gasteiger partial charge in [-0.25, -0.2) is 14.8 Å². The van der Waals surface area contributed by atoms with Crippen LogP contribution in [0.4, 0.5) is 27.5 Å². The van der Waals surface area contributed by atoms with Crippen molar-refractivity contribution in [3.8, 4) is 0 Å². The highest BCUT2D eigenvalue weighted by molar-refractivity contribution is 5.79. The van der Waals surface area contributed by atoms with Gasteiger partial charge in [0.25, 0.3) is 0 Å². The van der Waals surface area contributed by atoms with Crippen molar-refractivity contribution in [3.63, 3.8) is 0 Å². The summed E-state index contributed by atoms with van der Waals surface area (Å²) in [6, 6.07) is 12.2. The summed E-state index contributed by atoms with van der Waals surface area (Å²) in [5.74, 6) is -0.0177. The Morgan fingerprint density at radius 3 is 2.78 bits per heavy atom. The SMILES string of the molecule is CC1=C(c2cccc(Nc3ccc(/C=N/Nc4ncc(F)c(N5CCOCC5)n4)nc3)c2)CC=CC=C1. The van der Waals surface area contributed by atoms with E-state index in [1.807, 2.05) is 23.1 Å². The Morgan fingerprint density at radius 2 is 1.95 bits per heavy atom. The van der Waals surface area contributed by atoms with E-state index in [-0.39, 0.29) is 11.8 Å². The zero-order valence-electron chi connectivity index (χ0n) is 20.6. The third-order valence-corrected chi connectivity index (χ3v) is 6.08. The molecule has 0 amide bonds. The highest BCUT2D eigenvalue weighted by atomic mass is 19.1. The van der Waals surface area contributed by atoms with Gasteiger partial charge in [0.15, 0.2) is 11.6 Å². The second kappa shape index (κ2) is 11.6. The number of halogens is 1. The van der Waals surface area contributed by atoms with Crippen LogP contribution >= 0.6 is 0 Å². The normalized spacial score (nSPS) is 15.8. The third-order valence-electron chi connectivity index (χ3n) is 6.08. The van der Waals surface area contributed by atoms with Crippen molar-refractivity contribution in [1.82, 2.24) is 15.0 Å². The van der Waals surface area contributed by atoms with Gasteiger partial charge < -0.3 is 15.0 Å². The van der Waals surface area contributed by atoms with E-state index in [0.717, 1.165) is 24.0 Å². The summed E-state index contributed by atoms with van der Waals surface area (Å²) in [7, 11) is 0. The van der Waals surface area contributed by atoms with Crippen LogP contribution < -0.4 is 15.6 Å². The number of nitrogens with zero attached hydrogens (tertiary/aromatic N) is 5. The molecule has 8 nitrogen and oxygen atoms in total. The number of allylic oxidation sites excluding steroid dienone is 6. The molecule has 0 unspecified atom stereocenters. The van der Waals surface area contributed by atoms with Gasteiger partial charge in [-0.2, -0.15) is 10.1 Å². The fourth-order valence-electron chi connectivity index (χ4n) is 4.14. The van der Waals surface area contributed by atoms with Crippen molar-refractivity contribution in [2.24, 2.45) is 5.10 Å². The Bertz CT molecular complexity index is 1360. The highest BCUT2D eigenvalue weighted by Gasteiger charge is 2.17. The van der Waals surface area contributed by atoms with Gasteiger partial charge in [0, 0.05) is 18.8 Å². The molecule has 37 heavy (non-hydrogen) atoms.